The summed E-state index contributed by atoms with van der Waals surface area (Å²) in [5, 5.41) is 5.88. The first-order valence-electron chi connectivity index (χ1n) is 6.43. The van der Waals surface area contributed by atoms with Gasteiger partial charge in [-0.2, -0.15) is 0 Å². The van der Waals surface area contributed by atoms with Crippen molar-refractivity contribution in [2.45, 2.75) is 58.0 Å². The van der Waals surface area contributed by atoms with E-state index >= 15 is 0 Å². The molecular formula is C13H22N2S. The Labute approximate surface area is 102 Å². The molecule has 0 amide bonds. The molecule has 1 heterocycles. The van der Waals surface area contributed by atoms with Gasteiger partial charge in [-0.05, 0) is 25.7 Å². The van der Waals surface area contributed by atoms with Crippen molar-refractivity contribution in [3.05, 3.63) is 16.6 Å². The van der Waals surface area contributed by atoms with Gasteiger partial charge in [-0.1, -0.05) is 26.2 Å². The first-order chi connectivity index (χ1) is 7.79. The van der Waals surface area contributed by atoms with Crippen LogP contribution in [-0.4, -0.2) is 11.0 Å². The van der Waals surface area contributed by atoms with Crippen LogP contribution in [0.5, 0.6) is 0 Å². The Morgan fingerprint density at radius 1 is 1.56 bits per heavy atom. The molecule has 0 saturated heterocycles. The van der Waals surface area contributed by atoms with Crippen LogP contribution in [0, 0.1) is 5.92 Å². The standard InChI is InChI=1S/C13H22N2S/c1-3-11-5-4-6-12(7-11)15-10(2)13-8-16-9-14-13/h8-12,15H,3-7H2,1-2H3. The van der Waals surface area contributed by atoms with Crippen molar-refractivity contribution in [1.82, 2.24) is 10.3 Å². The monoisotopic (exact) mass is 238 g/mol. The zero-order chi connectivity index (χ0) is 11.4. The fraction of sp³-hybridized carbons (Fsp3) is 0.769. The van der Waals surface area contributed by atoms with Crippen LogP contribution in [0.3, 0.4) is 0 Å². The highest BCUT2D eigenvalue weighted by molar-refractivity contribution is 7.07. The molecule has 16 heavy (non-hydrogen) atoms. The van der Waals surface area contributed by atoms with Gasteiger partial charge in [-0.15, -0.1) is 11.3 Å². The van der Waals surface area contributed by atoms with Gasteiger partial charge in [0.05, 0.1) is 11.2 Å². The van der Waals surface area contributed by atoms with Gasteiger partial charge in [0.2, 0.25) is 0 Å². The maximum atomic E-state index is 4.38. The van der Waals surface area contributed by atoms with E-state index in [2.05, 4.69) is 29.5 Å². The van der Waals surface area contributed by atoms with Crippen molar-refractivity contribution in [2.75, 3.05) is 0 Å². The summed E-state index contributed by atoms with van der Waals surface area (Å²) < 4.78 is 0. The summed E-state index contributed by atoms with van der Waals surface area (Å²) in [5.74, 6) is 0.939. The van der Waals surface area contributed by atoms with Crippen molar-refractivity contribution < 1.29 is 0 Å². The second-order valence-corrected chi connectivity index (χ2v) is 5.66. The minimum absolute atomic E-state index is 0.409. The van der Waals surface area contributed by atoms with Crippen molar-refractivity contribution in [1.29, 1.82) is 0 Å². The van der Waals surface area contributed by atoms with Crippen molar-refractivity contribution in [3.63, 3.8) is 0 Å². The van der Waals surface area contributed by atoms with Crippen LogP contribution >= 0.6 is 11.3 Å². The molecule has 2 nitrogen and oxygen atoms in total. The lowest BCUT2D eigenvalue weighted by Crippen LogP contribution is -2.35. The van der Waals surface area contributed by atoms with E-state index in [-0.39, 0.29) is 0 Å². The Balaban J connectivity index is 1.84. The molecule has 90 valence electrons. The maximum absolute atomic E-state index is 4.38. The van der Waals surface area contributed by atoms with Gasteiger partial charge >= 0.3 is 0 Å². The topological polar surface area (TPSA) is 24.9 Å². The van der Waals surface area contributed by atoms with Crippen molar-refractivity contribution >= 4 is 11.3 Å². The Kier molecular flexibility index (Phi) is 4.36. The molecule has 3 atom stereocenters. The van der Waals surface area contributed by atoms with Crippen molar-refractivity contribution in [3.8, 4) is 0 Å². The number of hydrogen-bond acceptors (Lipinski definition) is 3. The molecule has 2 rings (SSSR count). The lowest BCUT2D eigenvalue weighted by Gasteiger charge is -2.31. The molecule has 0 aromatic carbocycles. The van der Waals surface area contributed by atoms with E-state index in [4.69, 9.17) is 0 Å². The molecule has 3 unspecified atom stereocenters. The molecular weight excluding hydrogens is 216 g/mol. The second kappa shape index (κ2) is 5.78. The summed E-state index contributed by atoms with van der Waals surface area (Å²) in [6.07, 6.45) is 6.85. The summed E-state index contributed by atoms with van der Waals surface area (Å²) >= 11 is 1.68. The Bertz CT molecular complexity index is 297. The van der Waals surface area contributed by atoms with Crippen LogP contribution in [0.1, 0.15) is 57.7 Å². The third-order valence-corrected chi connectivity index (χ3v) is 4.35. The zero-order valence-corrected chi connectivity index (χ0v) is 11.1. The molecule has 1 aliphatic carbocycles. The van der Waals surface area contributed by atoms with E-state index in [1.54, 1.807) is 11.3 Å². The molecule has 1 N–H and O–H groups in total. The van der Waals surface area contributed by atoms with Crippen LogP contribution in [0.4, 0.5) is 0 Å². The van der Waals surface area contributed by atoms with Crippen LogP contribution in [0.2, 0.25) is 0 Å². The molecule has 0 aliphatic heterocycles. The number of thiazole rings is 1. The summed E-state index contributed by atoms with van der Waals surface area (Å²) in [5.41, 5.74) is 3.12. The van der Waals surface area contributed by atoms with E-state index < -0.39 is 0 Å². The predicted molar refractivity (Wildman–Crippen MR) is 69.7 cm³/mol. The van der Waals surface area contributed by atoms with E-state index in [0.717, 1.165) is 5.92 Å². The third kappa shape index (κ3) is 3.05. The third-order valence-electron chi connectivity index (χ3n) is 3.74. The maximum Gasteiger partial charge on any atom is 0.0795 e. The lowest BCUT2D eigenvalue weighted by atomic mass is 9.84. The van der Waals surface area contributed by atoms with E-state index in [1.165, 1.54) is 37.8 Å². The highest BCUT2D eigenvalue weighted by atomic mass is 32.1. The van der Waals surface area contributed by atoms with E-state index in [1.807, 2.05) is 5.51 Å². The minimum Gasteiger partial charge on any atom is -0.306 e. The number of rotatable bonds is 4. The Morgan fingerprint density at radius 3 is 3.12 bits per heavy atom. The van der Waals surface area contributed by atoms with Gasteiger partial charge in [0.25, 0.3) is 0 Å². The van der Waals surface area contributed by atoms with Crippen LogP contribution in [-0.2, 0) is 0 Å². The van der Waals surface area contributed by atoms with Crippen LogP contribution in [0.25, 0.3) is 0 Å². The molecule has 1 aromatic rings. The van der Waals surface area contributed by atoms with E-state index in [9.17, 15) is 0 Å². The first kappa shape index (κ1) is 12.1. The smallest absolute Gasteiger partial charge is 0.0795 e. The lowest BCUT2D eigenvalue weighted by molar-refractivity contribution is 0.265. The fourth-order valence-electron chi connectivity index (χ4n) is 2.69. The average Bonchev–Trinajstić information content (AvgIpc) is 2.83. The summed E-state index contributed by atoms with van der Waals surface area (Å²) in [6.45, 7) is 4.54. The highest BCUT2D eigenvalue weighted by Gasteiger charge is 2.22. The minimum atomic E-state index is 0.409. The zero-order valence-electron chi connectivity index (χ0n) is 10.3. The second-order valence-electron chi connectivity index (χ2n) is 4.94. The molecule has 0 spiro atoms. The Hall–Kier alpha value is -0.410. The van der Waals surface area contributed by atoms with Gasteiger partial charge in [0.15, 0.2) is 0 Å². The van der Waals surface area contributed by atoms with Crippen LogP contribution < -0.4 is 5.32 Å². The number of nitrogens with zero attached hydrogens (tertiary/aromatic N) is 1. The molecule has 0 radical (unpaired) electrons. The quantitative estimate of drug-likeness (QED) is 0.864. The molecule has 1 saturated carbocycles. The summed E-state index contributed by atoms with van der Waals surface area (Å²) in [6, 6.07) is 1.11. The van der Waals surface area contributed by atoms with Gasteiger partial charge < -0.3 is 5.32 Å². The number of hydrogen-bond donors (Lipinski definition) is 1. The van der Waals surface area contributed by atoms with Gasteiger partial charge in [0.1, 0.15) is 0 Å². The van der Waals surface area contributed by atoms with Gasteiger partial charge in [0, 0.05) is 17.5 Å². The molecule has 3 heteroatoms. The number of aromatic nitrogens is 1. The summed E-state index contributed by atoms with van der Waals surface area (Å²) in [7, 11) is 0. The Morgan fingerprint density at radius 2 is 2.44 bits per heavy atom. The van der Waals surface area contributed by atoms with Crippen LogP contribution in [0.15, 0.2) is 10.9 Å². The average molecular weight is 238 g/mol. The number of nitrogens with one attached hydrogen (secondary N) is 1. The molecule has 0 bridgehead atoms. The molecule has 1 aromatic heterocycles. The molecule has 1 fully saturated rings. The van der Waals surface area contributed by atoms with Gasteiger partial charge in [-0.3, -0.25) is 0 Å². The van der Waals surface area contributed by atoms with Gasteiger partial charge in [-0.25, -0.2) is 4.98 Å². The predicted octanol–water partition coefficient (Wildman–Crippen LogP) is 3.76. The largest absolute Gasteiger partial charge is 0.306 e. The highest BCUT2D eigenvalue weighted by Crippen LogP contribution is 2.28. The summed E-state index contributed by atoms with van der Waals surface area (Å²) in [4.78, 5) is 4.38. The normalized spacial score (nSPS) is 27.9. The first-order valence-corrected chi connectivity index (χ1v) is 7.38. The fourth-order valence-corrected chi connectivity index (χ4v) is 3.34. The van der Waals surface area contributed by atoms with E-state index in [0.29, 0.717) is 12.1 Å². The molecule has 1 aliphatic rings. The van der Waals surface area contributed by atoms with Crippen molar-refractivity contribution in [2.24, 2.45) is 5.92 Å². The SMILES string of the molecule is CCC1CCCC(NC(C)c2cscn2)C1.